The third-order valence-electron chi connectivity index (χ3n) is 18.0. The zero-order valence-corrected chi connectivity index (χ0v) is 61.6. The van der Waals surface area contributed by atoms with Crippen molar-refractivity contribution < 1.29 is 92.4 Å². The number of nitrogens with zero attached hydrogens (tertiary/aromatic N) is 6. The Morgan fingerprint density at radius 1 is 0.802 bits per heavy atom. The molecule has 2 aromatic heterocycles. The van der Waals surface area contributed by atoms with Gasteiger partial charge in [-0.25, -0.2) is 18.7 Å². The molecule has 2 aromatic carbocycles. The maximum absolute atomic E-state index is 17.0. The van der Waals surface area contributed by atoms with Gasteiger partial charge in [0.15, 0.2) is 26.2 Å². The molecule has 2 fully saturated rings. The number of nitrogens with two attached hydrogens (primary N) is 1. The molecule has 2 saturated heterocycles. The Kier molecular flexibility index (Phi) is 29.3. The van der Waals surface area contributed by atoms with Crippen LogP contribution in [-0.2, 0) is 90.1 Å². The molecule has 5 aliphatic rings. The smallest absolute Gasteiger partial charge is 0.336 e. The second-order valence-electron chi connectivity index (χ2n) is 25.7. The molecule has 4 aromatic rings. The molecule has 5 heterocycles. The number of hydrogen-bond donors (Lipinski definition) is 12. The molecule has 39 heteroatoms. The van der Waals surface area contributed by atoms with Crippen molar-refractivity contribution in [2.75, 3.05) is 76.5 Å². The molecule has 2 aliphatic carbocycles. The topological polar surface area (TPSA) is 502 Å². The Balaban J connectivity index is 0.662. The highest BCUT2D eigenvalue weighted by Gasteiger charge is 2.46. The van der Waals surface area contributed by atoms with Crippen molar-refractivity contribution in [3.8, 4) is 22.5 Å². The lowest BCUT2D eigenvalue weighted by Crippen LogP contribution is -2.47. The standard InChI is InChI=1S/C67H88FN15O19S4/c1-40(84)103-39-54(86)75-49(13-8-11-25-73-65(91)67(68)23-9-4-5-14-51-61(67)79-81-83(51)28-30-100-32-34-101-33-31-99-29-26-71-53(85)16-7-6-15-52-56-50(38-104-52)76-66(92)77-56)63(88)74-36-42-37-82(80-78-42)27-12-3-2-10-24-72-62(87)41-17-18-43(46(35-41)64(89)90)55-44-19-21-47(69)59(105(93,94)95)57(44)102-58-45(55)20-22-48(70)60(58)106(96,97)98/h17-22,35,37,49-50,52,56,69H,2-16,23-34,36,38-39,70H2,1H3,(H,71,85)(H,72,87)(H,73,91)(H,74,88)(H,75,86)(H,89,90)(H2,76,77,92)(H,93,94,95)(H,96,97,98)/t49-,50+,52+,56+,67?/m0/s1. The summed E-state index contributed by atoms with van der Waals surface area (Å²) in [5.41, 5.74) is 2.05. The average Bonchev–Trinajstić information content (AvgIpc) is 0.923. The summed E-state index contributed by atoms with van der Waals surface area (Å²) in [5, 5.41) is 54.3. The molecule has 106 heavy (non-hydrogen) atoms. The van der Waals surface area contributed by atoms with Crippen molar-refractivity contribution in [2.24, 2.45) is 0 Å². The van der Waals surface area contributed by atoms with Crippen LogP contribution in [0.15, 0.2) is 62.9 Å². The predicted molar refractivity (Wildman–Crippen MR) is 384 cm³/mol. The number of carboxylic acids is 1. The van der Waals surface area contributed by atoms with Crippen molar-refractivity contribution in [1.82, 2.24) is 67.2 Å². The number of benzene rings is 3. The number of carboxylic acid groups (broad SMARTS) is 1. The summed E-state index contributed by atoms with van der Waals surface area (Å²) in [6.07, 6.45) is 10.3. The molecular formula is C67H88FN15O19S4. The minimum Gasteiger partial charge on any atom is -0.478 e. The third kappa shape index (κ3) is 22.0. The van der Waals surface area contributed by atoms with E-state index in [-0.39, 0.29) is 120 Å². The molecule has 0 spiro atoms. The van der Waals surface area contributed by atoms with Crippen LogP contribution >= 0.6 is 23.5 Å². The molecule has 3 aliphatic heterocycles. The zero-order valence-electron chi connectivity index (χ0n) is 58.3. The number of carbonyl (C=O) groups is 8. The summed E-state index contributed by atoms with van der Waals surface area (Å²) in [7, 11) is -10.4. The summed E-state index contributed by atoms with van der Waals surface area (Å²) in [4.78, 5) is 100.0. The SMILES string of the molecule is CC(=O)SCC(=O)N[C@@H](CCCCNC(=O)C1(F)CCCCCc2c1nnn2CCOCCOCCOCCNC(=O)CCCC[C@H]1SC[C@H]2NC(=O)N[C@H]21)C(=O)NCc1cn(CCCCCCNC(=O)c2ccc(-c3c4ccc(=N)c(S(=O)(=O)O)c-4oc4c(S(=O)(=O)O)c(N)ccc34)c(C(=O)O)c2)nn1. The van der Waals surface area contributed by atoms with Crippen LogP contribution in [0.25, 0.3) is 33.4 Å². The molecule has 0 bridgehead atoms. The summed E-state index contributed by atoms with van der Waals surface area (Å²) in [6, 6.07) is 7.33. The number of aromatic carboxylic acids is 1. The van der Waals surface area contributed by atoms with Crippen LogP contribution in [0.1, 0.15) is 141 Å². The lowest BCUT2D eigenvalue weighted by molar-refractivity contribution is -0.134. The number of amides is 7. The summed E-state index contributed by atoms with van der Waals surface area (Å²) in [5.74, 6) is -4.20. The van der Waals surface area contributed by atoms with E-state index in [4.69, 9.17) is 29.8 Å². The zero-order chi connectivity index (χ0) is 76.1. The number of fused-ring (bicyclic) bond motifs is 4. The fraction of sp³-hybridized carbons (Fsp3) is 0.537. The van der Waals surface area contributed by atoms with Gasteiger partial charge in [-0.1, -0.05) is 53.9 Å². The van der Waals surface area contributed by atoms with Gasteiger partial charge in [-0.15, -0.1) is 10.2 Å². The lowest BCUT2D eigenvalue weighted by atomic mass is 9.88. The highest BCUT2D eigenvalue weighted by atomic mass is 32.2. The number of anilines is 1. The van der Waals surface area contributed by atoms with Gasteiger partial charge in [0.1, 0.15) is 17.4 Å². The highest BCUT2D eigenvalue weighted by molar-refractivity contribution is 8.14. The fourth-order valence-electron chi connectivity index (χ4n) is 12.8. The molecule has 7 amide bonds. The number of carbonyl (C=O) groups excluding carboxylic acids is 7. The normalized spacial score (nSPS) is 17.5. The number of rotatable bonds is 41. The van der Waals surface area contributed by atoms with Crippen LogP contribution in [0.5, 0.6) is 0 Å². The molecule has 5 atom stereocenters. The number of thioether (sulfide) groups is 2. The first-order chi connectivity index (χ1) is 50.7. The van der Waals surface area contributed by atoms with Crippen molar-refractivity contribution in [1.29, 1.82) is 5.41 Å². The molecule has 34 nitrogen and oxygen atoms in total. The van der Waals surface area contributed by atoms with Gasteiger partial charge < -0.3 is 66.7 Å². The van der Waals surface area contributed by atoms with Gasteiger partial charge in [-0.3, -0.25) is 48.0 Å². The number of nitrogens with one attached hydrogen (secondary N) is 8. The number of aromatic nitrogens is 6. The number of unbranched alkanes of at least 4 members (excludes halogenated alkanes) is 5. The van der Waals surface area contributed by atoms with E-state index in [2.05, 4.69) is 57.8 Å². The molecular weight excluding hydrogens is 1470 g/mol. The van der Waals surface area contributed by atoms with Crippen LogP contribution in [-0.4, -0.2) is 202 Å². The number of halogens is 1. The van der Waals surface area contributed by atoms with Gasteiger partial charge >= 0.3 is 12.0 Å². The minimum atomic E-state index is -5.24. The van der Waals surface area contributed by atoms with E-state index in [0.29, 0.717) is 120 Å². The molecule has 0 saturated carbocycles. The second kappa shape index (κ2) is 38.2. The van der Waals surface area contributed by atoms with E-state index >= 15 is 4.39 Å². The Morgan fingerprint density at radius 3 is 2.28 bits per heavy atom. The van der Waals surface area contributed by atoms with E-state index in [9.17, 15) is 69.4 Å². The quantitative estimate of drug-likeness (QED) is 0.00842. The molecule has 13 N–H and O–H groups in total. The van der Waals surface area contributed by atoms with E-state index in [1.807, 2.05) is 11.8 Å². The lowest BCUT2D eigenvalue weighted by Gasteiger charge is -2.25. The van der Waals surface area contributed by atoms with E-state index in [1.165, 1.54) is 31.2 Å². The van der Waals surface area contributed by atoms with E-state index in [1.54, 1.807) is 15.6 Å². The van der Waals surface area contributed by atoms with Gasteiger partial charge in [0, 0.05) is 72.6 Å². The van der Waals surface area contributed by atoms with Crippen LogP contribution < -0.4 is 48.3 Å². The van der Waals surface area contributed by atoms with E-state index < -0.39 is 99.3 Å². The Morgan fingerprint density at radius 2 is 1.53 bits per heavy atom. The Bertz CT molecular complexity index is 4430. The van der Waals surface area contributed by atoms with Crippen molar-refractivity contribution >= 4 is 107 Å². The van der Waals surface area contributed by atoms with Crippen molar-refractivity contribution in [3.05, 3.63) is 82.2 Å². The van der Waals surface area contributed by atoms with Gasteiger partial charge in [0.05, 0.1) is 99.1 Å². The summed E-state index contributed by atoms with van der Waals surface area (Å²) < 4.78 is 113. The number of urea groups is 1. The monoisotopic (exact) mass is 1550 g/mol. The average molecular weight is 1550 g/mol. The third-order valence-corrected chi connectivity index (χ3v) is 22.2. The van der Waals surface area contributed by atoms with Gasteiger partial charge in [-0.2, -0.15) is 28.6 Å². The number of nitrogen functional groups attached to an aromatic ring is 1. The first-order valence-corrected chi connectivity index (χ1v) is 39.8. The van der Waals surface area contributed by atoms with Gasteiger partial charge in [0.25, 0.3) is 32.1 Å². The Hall–Kier alpha value is -8.70. The number of ether oxygens (including phenoxy) is 3. The first kappa shape index (κ1) is 81.4. The van der Waals surface area contributed by atoms with Crippen molar-refractivity contribution in [2.45, 2.75) is 168 Å². The molecule has 0 radical (unpaired) electrons. The van der Waals surface area contributed by atoms with Crippen LogP contribution in [0, 0.1) is 5.41 Å². The highest BCUT2D eigenvalue weighted by Crippen LogP contribution is 2.46. The molecule has 9 rings (SSSR count). The van der Waals surface area contributed by atoms with Crippen LogP contribution in [0.4, 0.5) is 14.9 Å². The van der Waals surface area contributed by atoms with E-state index in [0.717, 1.165) is 61.4 Å². The maximum atomic E-state index is 17.0. The fourth-order valence-corrected chi connectivity index (χ4v) is 16.3. The Labute approximate surface area is 618 Å². The molecule has 1 unspecified atom stereocenters. The van der Waals surface area contributed by atoms with Crippen LogP contribution in [0.3, 0.4) is 0 Å². The summed E-state index contributed by atoms with van der Waals surface area (Å²) >= 11 is 2.65. The van der Waals surface area contributed by atoms with Gasteiger partial charge in [-0.05, 0) is 113 Å². The second-order valence-corrected chi connectivity index (χ2v) is 30.9. The minimum absolute atomic E-state index is 0.0245. The van der Waals surface area contributed by atoms with Gasteiger partial charge in [0.2, 0.25) is 23.4 Å². The summed E-state index contributed by atoms with van der Waals surface area (Å²) in [6.45, 7) is 4.47. The first-order valence-electron chi connectivity index (χ1n) is 34.9. The predicted octanol–water partition coefficient (Wildman–Crippen LogP) is 4.17. The van der Waals surface area contributed by atoms with Crippen molar-refractivity contribution in [3.63, 3.8) is 0 Å². The maximum Gasteiger partial charge on any atom is 0.336 e. The number of alkyl halides is 1. The largest absolute Gasteiger partial charge is 0.478 e. The number of hydrogen-bond acceptors (Lipinski definition) is 24. The number of aryl methyl sites for hydroxylation is 1. The van der Waals surface area contributed by atoms with Crippen LogP contribution in [0.2, 0.25) is 0 Å². The molecule has 576 valence electrons.